The van der Waals surface area contributed by atoms with Crippen molar-refractivity contribution < 1.29 is 9.90 Å². The second-order valence-corrected chi connectivity index (χ2v) is 3.87. The Labute approximate surface area is 86.1 Å². The van der Waals surface area contributed by atoms with Crippen LogP contribution in [0.4, 0.5) is 0 Å². The highest BCUT2D eigenvalue weighted by Crippen LogP contribution is 2.37. The Bertz CT molecular complexity index is 153. The molecule has 0 aromatic carbocycles. The summed E-state index contributed by atoms with van der Waals surface area (Å²) in [6, 6.07) is 0. The van der Waals surface area contributed by atoms with Gasteiger partial charge in [0.2, 0.25) is 0 Å². The van der Waals surface area contributed by atoms with Crippen molar-refractivity contribution in [2.24, 2.45) is 11.8 Å². The van der Waals surface area contributed by atoms with E-state index >= 15 is 0 Å². The van der Waals surface area contributed by atoms with Gasteiger partial charge in [-0.25, -0.2) is 0 Å². The number of halogens is 1. The summed E-state index contributed by atoms with van der Waals surface area (Å²) in [5, 5.41) is 8.62. The van der Waals surface area contributed by atoms with E-state index in [1.807, 2.05) is 0 Å². The van der Waals surface area contributed by atoms with Gasteiger partial charge in [0, 0.05) is 0 Å². The van der Waals surface area contributed by atoms with Crippen LogP contribution in [-0.4, -0.2) is 11.1 Å². The first-order valence-corrected chi connectivity index (χ1v) is 4.96. The van der Waals surface area contributed by atoms with Crippen LogP contribution >= 0.6 is 12.4 Å². The van der Waals surface area contributed by atoms with Crippen molar-refractivity contribution in [2.45, 2.75) is 45.4 Å². The zero-order valence-corrected chi connectivity index (χ0v) is 8.98. The van der Waals surface area contributed by atoms with Gasteiger partial charge in [-0.05, 0) is 18.8 Å². The van der Waals surface area contributed by atoms with Gasteiger partial charge >= 0.3 is 5.97 Å². The zero-order valence-electron chi connectivity index (χ0n) is 8.16. The summed E-state index contributed by atoms with van der Waals surface area (Å²) in [6.07, 6.45) is 6.95. The van der Waals surface area contributed by atoms with Gasteiger partial charge in [-0.15, -0.1) is 12.4 Å². The molecule has 2 nitrogen and oxygen atoms in total. The predicted octanol–water partition coefficient (Wildman–Crippen LogP) is 3.10. The molecule has 1 aliphatic carbocycles. The van der Waals surface area contributed by atoms with Crippen molar-refractivity contribution in [3.8, 4) is 0 Å². The maximum absolute atomic E-state index is 10.5. The summed E-state index contributed by atoms with van der Waals surface area (Å²) in [4.78, 5) is 10.5. The fourth-order valence-corrected chi connectivity index (χ4v) is 1.86. The summed E-state index contributed by atoms with van der Waals surface area (Å²) in [5.74, 6) is 0.107. The molecule has 0 saturated heterocycles. The van der Waals surface area contributed by atoms with Crippen molar-refractivity contribution in [3.05, 3.63) is 0 Å². The second-order valence-electron chi connectivity index (χ2n) is 3.87. The Morgan fingerprint density at radius 1 is 1.38 bits per heavy atom. The lowest BCUT2D eigenvalue weighted by atomic mass is 9.72. The van der Waals surface area contributed by atoms with Gasteiger partial charge in [-0.1, -0.05) is 32.6 Å². The van der Waals surface area contributed by atoms with Crippen molar-refractivity contribution in [1.29, 1.82) is 0 Å². The molecule has 0 radical (unpaired) electrons. The number of unbranched alkanes of at least 4 members (excludes halogenated alkanes) is 2. The molecule has 0 aliphatic heterocycles. The molecule has 1 fully saturated rings. The molecule has 0 aromatic heterocycles. The minimum atomic E-state index is -0.596. The smallest absolute Gasteiger partial charge is 0.306 e. The van der Waals surface area contributed by atoms with E-state index in [1.165, 1.54) is 25.7 Å². The summed E-state index contributed by atoms with van der Waals surface area (Å²) in [5.41, 5.74) is 0. The van der Waals surface area contributed by atoms with E-state index < -0.39 is 5.97 Å². The van der Waals surface area contributed by atoms with Crippen LogP contribution in [0.3, 0.4) is 0 Å². The van der Waals surface area contributed by atoms with E-state index in [-0.39, 0.29) is 18.3 Å². The van der Waals surface area contributed by atoms with Crippen LogP contribution in [0.15, 0.2) is 0 Å². The molecule has 13 heavy (non-hydrogen) atoms. The minimum absolute atomic E-state index is 0. The highest BCUT2D eigenvalue weighted by molar-refractivity contribution is 5.85. The lowest BCUT2D eigenvalue weighted by Crippen LogP contribution is -2.30. The van der Waals surface area contributed by atoms with Crippen molar-refractivity contribution >= 4 is 18.4 Å². The standard InChI is InChI=1S/C10H18O2.ClH/c1-2-3-4-5-8-6-9(7-8)10(11)12;/h8-9H,2-7H2,1H3,(H,11,12);1H/t8-,9+;. The number of carboxylic acids is 1. The Morgan fingerprint density at radius 2 is 2.00 bits per heavy atom. The first-order chi connectivity index (χ1) is 5.74. The maximum Gasteiger partial charge on any atom is 0.306 e. The molecule has 1 aliphatic rings. The van der Waals surface area contributed by atoms with E-state index in [9.17, 15) is 4.79 Å². The van der Waals surface area contributed by atoms with Gasteiger partial charge in [0.1, 0.15) is 0 Å². The second kappa shape index (κ2) is 6.25. The molecule has 0 aromatic rings. The van der Waals surface area contributed by atoms with E-state index in [0.717, 1.165) is 18.8 Å². The third-order valence-corrected chi connectivity index (χ3v) is 2.80. The van der Waals surface area contributed by atoms with Crippen molar-refractivity contribution in [1.82, 2.24) is 0 Å². The van der Waals surface area contributed by atoms with Gasteiger partial charge in [0.25, 0.3) is 0 Å². The Kier molecular flexibility index (Phi) is 6.13. The Morgan fingerprint density at radius 3 is 2.46 bits per heavy atom. The zero-order chi connectivity index (χ0) is 8.97. The highest BCUT2D eigenvalue weighted by atomic mass is 35.5. The van der Waals surface area contributed by atoms with E-state index in [0.29, 0.717) is 0 Å². The molecule has 0 spiro atoms. The largest absolute Gasteiger partial charge is 0.481 e. The number of hydrogen-bond acceptors (Lipinski definition) is 1. The number of hydrogen-bond donors (Lipinski definition) is 1. The van der Waals surface area contributed by atoms with Gasteiger partial charge < -0.3 is 5.11 Å². The van der Waals surface area contributed by atoms with Crippen LogP contribution < -0.4 is 0 Å². The summed E-state index contributed by atoms with van der Waals surface area (Å²) in [6.45, 7) is 2.20. The third kappa shape index (κ3) is 3.99. The van der Waals surface area contributed by atoms with Gasteiger partial charge in [0.05, 0.1) is 5.92 Å². The van der Waals surface area contributed by atoms with Crippen LogP contribution in [0.1, 0.15) is 45.4 Å². The van der Waals surface area contributed by atoms with Gasteiger partial charge in [0.15, 0.2) is 0 Å². The summed E-state index contributed by atoms with van der Waals surface area (Å²) in [7, 11) is 0. The molecule has 3 heteroatoms. The molecule has 0 heterocycles. The molecule has 0 unspecified atom stereocenters. The van der Waals surface area contributed by atoms with Crippen LogP contribution in [-0.2, 0) is 4.79 Å². The van der Waals surface area contributed by atoms with Gasteiger partial charge in [-0.3, -0.25) is 4.79 Å². The number of aliphatic carboxylic acids is 1. The molecule has 78 valence electrons. The number of carbonyl (C=O) groups is 1. The van der Waals surface area contributed by atoms with Gasteiger partial charge in [-0.2, -0.15) is 0 Å². The summed E-state index contributed by atoms with van der Waals surface area (Å²) >= 11 is 0. The topological polar surface area (TPSA) is 37.3 Å². The predicted molar refractivity (Wildman–Crippen MR) is 55.2 cm³/mol. The average molecular weight is 207 g/mol. The molecule has 1 rings (SSSR count). The van der Waals surface area contributed by atoms with Crippen molar-refractivity contribution in [3.63, 3.8) is 0 Å². The summed E-state index contributed by atoms with van der Waals surface area (Å²) < 4.78 is 0. The highest BCUT2D eigenvalue weighted by Gasteiger charge is 2.33. The fraction of sp³-hybridized carbons (Fsp3) is 0.900. The van der Waals surface area contributed by atoms with E-state index in [1.54, 1.807) is 0 Å². The number of rotatable bonds is 5. The Hall–Kier alpha value is -0.240. The molecule has 0 atom stereocenters. The lowest BCUT2D eigenvalue weighted by Gasteiger charge is -2.32. The molecule has 0 amide bonds. The quantitative estimate of drug-likeness (QED) is 0.702. The lowest BCUT2D eigenvalue weighted by molar-refractivity contribution is -0.146. The molecular weight excluding hydrogens is 188 g/mol. The molecular formula is C10H19ClO2. The average Bonchev–Trinajstić information content (AvgIpc) is 1.93. The van der Waals surface area contributed by atoms with Crippen LogP contribution in [0, 0.1) is 11.8 Å². The first-order valence-electron chi connectivity index (χ1n) is 4.96. The van der Waals surface area contributed by atoms with E-state index in [4.69, 9.17) is 5.11 Å². The van der Waals surface area contributed by atoms with E-state index in [2.05, 4.69) is 6.92 Å². The minimum Gasteiger partial charge on any atom is -0.481 e. The normalized spacial score (nSPS) is 25.9. The maximum atomic E-state index is 10.5. The molecule has 0 bridgehead atoms. The van der Waals surface area contributed by atoms with Crippen LogP contribution in [0.5, 0.6) is 0 Å². The SMILES string of the molecule is CCCCC[C@H]1C[C@@H](C(=O)O)C1.Cl. The van der Waals surface area contributed by atoms with Crippen molar-refractivity contribution in [2.75, 3.05) is 0 Å². The number of carboxylic acid groups (broad SMARTS) is 1. The fourth-order valence-electron chi connectivity index (χ4n) is 1.86. The molecule has 1 N–H and O–H groups in total. The monoisotopic (exact) mass is 206 g/mol. The third-order valence-electron chi connectivity index (χ3n) is 2.80. The van der Waals surface area contributed by atoms with Crippen LogP contribution in [0.2, 0.25) is 0 Å². The van der Waals surface area contributed by atoms with Crippen LogP contribution in [0.25, 0.3) is 0 Å². The molecule has 1 saturated carbocycles. The Balaban J connectivity index is 0.00000144. The first kappa shape index (κ1) is 12.8.